The number of benzene rings is 1. The van der Waals surface area contributed by atoms with Gasteiger partial charge in [-0.25, -0.2) is 0 Å². The van der Waals surface area contributed by atoms with Crippen molar-refractivity contribution in [1.29, 1.82) is 0 Å². The van der Waals surface area contributed by atoms with E-state index in [1.807, 2.05) is 0 Å². The first-order chi connectivity index (χ1) is 11.1. The van der Waals surface area contributed by atoms with E-state index < -0.39 is 5.97 Å². The molecule has 0 aromatic heterocycles. The number of carboxylic acid groups (broad SMARTS) is 1. The van der Waals surface area contributed by atoms with Gasteiger partial charge < -0.3 is 14.9 Å². The fourth-order valence-corrected chi connectivity index (χ4v) is 3.40. The van der Waals surface area contributed by atoms with Gasteiger partial charge in [0.2, 0.25) is 0 Å². The zero-order valence-electron chi connectivity index (χ0n) is 14.3. The standard InChI is InChI=1S/C19H30N2O2/c1-20(15-17-7-3-2-4-8-17)16-18-10-13-21(14-11-18)12-6-5-9-19(22)23/h2-4,7-8,18H,5-6,9-16H2,1H3,(H,22,23). The van der Waals surface area contributed by atoms with E-state index in [4.69, 9.17) is 5.11 Å². The molecule has 1 aliphatic rings. The van der Waals surface area contributed by atoms with Gasteiger partial charge in [0.1, 0.15) is 0 Å². The molecule has 1 aliphatic heterocycles. The summed E-state index contributed by atoms with van der Waals surface area (Å²) in [5.74, 6) is 0.115. The van der Waals surface area contributed by atoms with Crippen LogP contribution in [0.25, 0.3) is 0 Å². The molecule has 1 heterocycles. The molecule has 4 nitrogen and oxygen atoms in total. The Hall–Kier alpha value is -1.39. The van der Waals surface area contributed by atoms with Gasteiger partial charge in [0, 0.05) is 19.5 Å². The Kier molecular flexibility index (Phi) is 7.56. The number of piperidine rings is 1. The molecule has 0 unspecified atom stereocenters. The van der Waals surface area contributed by atoms with Crippen molar-refractivity contribution in [2.75, 3.05) is 33.2 Å². The fourth-order valence-electron chi connectivity index (χ4n) is 3.40. The molecular weight excluding hydrogens is 288 g/mol. The SMILES string of the molecule is CN(Cc1ccccc1)CC1CCN(CCCCC(=O)O)CC1. The maximum atomic E-state index is 10.5. The van der Waals surface area contributed by atoms with Crippen molar-refractivity contribution >= 4 is 5.97 Å². The Morgan fingerprint density at radius 1 is 1.22 bits per heavy atom. The summed E-state index contributed by atoms with van der Waals surface area (Å²) < 4.78 is 0. The fraction of sp³-hybridized carbons (Fsp3) is 0.632. The van der Waals surface area contributed by atoms with E-state index in [-0.39, 0.29) is 0 Å². The van der Waals surface area contributed by atoms with Crippen LogP contribution in [0.15, 0.2) is 30.3 Å². The zero-order chi connectivity index (χ0) is 16.5. The number of likely N-dealkylation sites (tertiary alicyclic amines) is 1. The van der Waals surface area contributed by atoms with E-state index >= 15 is 0 Å². The molecule has 1 saturated heterocycles. The molecule has 2 rings (SSSR count). The summed E-state index contributed by atoms with van der Waals surface area (Å²) in [6.07, 6.45) is 4.64. The average Bonchev–Trinajstić information content (AvgIpc) is 2.54. The normalized spacial score (nSPS) is 16.8. The molecule has 1 aromatic carbocycles. The smallest absolute Gasteiger partial charge is 0.303 e. The van der Waals surface area contributed by atoms with Crippen molar-refractivity contribution in [1.82, 2.24) is 9.80 Å². The average molecular weight is 318 g/mol. The van der Waals surface area contributed by atoms with Crippen molar-refractivity contribution < 1.29 is 9.90 Å². The summed E-state index contributed by atoms with van der Waals surface area (Å²) in [5, 5.41) is 8.66. The lowest BCUT2D eigenvalue weighted by Crippen LogP contribution is -2.38. The monoisotopic (exact) mass is 318 g/mol. The number of rotatable bonds is 9. The van der Waals surface area contributed by atoms with Gasteiger partial charge in [-0.1, -0.05) is 30.3 Å². The van der Waals surface area contributed by atoms with Crippen LogP contribution >= 0.6 is 0 Å². The van der Waals surface area contributed by atoms with Gasteiger partial charge in [-0.15, -0.1) is 0 Å². The molecule has 1 fully saturated rings. The molecule has 1 N–H and O–H groups in total. The second-order valence-electron chi connectivity index (χ2n) is 6.82. The number of hydrogen-bond acceptors (Lipinski definition) is 3. The number of unbranched alkanes of at least 4 members (excludes halogenated alkanes) is 1. The van der Waals surface area contributed by atoms with Crippen LogP contribution in [0.5, 0.6) is 0 Å². The highest BCUT2D eigenvalue weighted by Gasteiger charge is 2.20. The van der Waals surface area contributed by atoms with Crippen molar-refractivity contribution in [3.8, 4) is 0 Å². The maximum Gasteiger partial charge on any atom is 0.303 e. The van der Waals surface area contributed by atoms with E-state index in [9.17, 15) is 4.79 Å². The van der Waals surface area contributed by atoms with Gasteiger partial charge in [0.15, 0.2) is 0 Å². The summed E-state index contributed by atoms with van der Waals surface area (Å²) in [6, 6.07) is 10.7. The lowest BCUT2D eigenvalue weighted by Gasteiger charge is -2.34. The number of nitrogens with zero attached hydrogens (tertiary/aromatic N) is 2. The first kappa shape index (κ1) is 18.0. The van der Waals surface area contributed by atoms with Crippen LogP contribution in [0, 0.1) is 5.92 Å². The van der Waals surface area contributed by atoms with Gasteiger partial charge in [-0.05, 0) is 63.8 Å². The van der Waals surface area contributed by atoms with Crippen molar-refractivity contribution in [2.24, 2.45) is 5.92 Å². The van der Waals surface area contributed by atoms with Crippen molar-refractivity contribution in [3.05, 3.63) is 35.9 Å². The molecule has 0 saturated carbocycles. The van der Waals surface area contributed by atoms with Crippen LogP contribution in [0.2, 0.25) is 0 Å². The van der Waals surface area contributed by atoms with E-state index in [1.165, 1.54) is 24.9 Å². The molecule has 0 atom stereocenters. The van der Waals surface area contributed by atoms with Crippen molar-refractivity contribution in [2.45, 2.75) is 38.6 Å². The molecule has 128 valence electrons. The quantitative estimate of drug-likeness (QED) is 0.711. The lowest BCUT2D eigenvalue weighted by atomic mass is 9.96. The number of hydrogen-bond donors (Lipinski definition) is 1. The number of carbonyl (C=O) groups is 1. The molecule has 0 spiro atoms. The summed E-state index contributed by atoms with van der Waals surface area (Å²) in [7, 11) is 2.21. The Morgan fingerprint density at radius 2 is 1.91 bits per heavy atom. The lowest BCUT2D eigenvalue weighted by molar-refractivity contribution is -0.137. The predicted molar refractivity (Wildman–Crippen MR) is 93.4 cm³/mol. The second kappa shape index (κ2) is 9.68. The minimum atomic E-state index is -0.676. The highest BCUT2D eigenvalue weighted by atomic mass is 16.4. The van der Waals surface area contributed by atoms with E-state index in [0.29, 0.717) is 6.42 Å². The van der Waals surface area contributed by atoms with Crippen LogP contribution < -0.4 is 0 Å². The summed E-state index contributed by atoms with van der Waals surface area (Å²) in [5.41, 5.74) is 1.38. The zero-order valence-corrected chi connectivity index (χ0v) is 14.3. The number of carboxylic acids is 1. The summed E-state index contributed by atoms with van der Waals surface area (Å²) in [4.78, 5) is 15.4. The topological polar surface area (TPSA) is 43.8 Å². The van der Waals surface area contributed by atoms with Crippen molar-refractivity contribution in [3.63, 3.8) is 0 Å². The summed E-state index contributed by atoms with van der Waals surface area (Å²) >= 11 is 0. The van der Waals surface area contributed by atoms with Gasteiger partial charge in [0.05, 0.1) is 0 Å². The van der Waals surface area contributed by atoms with Gasteiger partial charge in [-0.2, -0.15) is 0 Å². The Morgan fingerprint density at radius 3 is 2.57 bits per heavy atom. The number of aliphatic carboxylic acids is 1. The van der Waals surface area contributed by atoms with Gasteiger partial charge in [0.25, 0.3) is 0 Å². The minimum absolute atomic E-state index is 0.306. The third-order valence-electron chi connectivity index (χ3n) is 4.69. The van der Waals surface area contributed by atoms with Crippen LogP contribution in [0.1, 0.15) is 37.7 Å². The first-order valence-corrected chi connectivity index (χ1v) is 8.80. The molecule has 0 bridgehead atoms. The Balaban J connectivity index is 1.60. The van der Waals surface area contributed by atoms with Crippen LogP contribution in [-0.4, -0.2) is 54.1 Å². The molecular formula is C19H30N2O2. The van der Waals surface area contributed by atoms with E-state index in [2.05, 4.69) is 47.2 Å². The molecule has 0 aliphatic carbocycles. The predicted octanol–water partition coefficient (Wildman–Crippen LogP) is 3.09. The second-order valence-corrected chi connectivity index (χ2v) is 6.82. The van der Waals surface area contributed by atoms with E-state index in [1.54, 1.807) is 0 Å². The van der Waals surface area contributed by atoms with Gasteiger partial charge in [-0.3, -0.25) is 4.79 Å². The van der Waals surface area contributed by atoms with Crippen LogP contribution in [-0.2, 0) is 11.3 Å². The van der Waals surface area contributed by atoms with E-state index in [0.717, 1.165) is 44.9 Å². The van der Waals surface area contributed by atoms with Gasteiger partial charge >= 0.3 is 5.97 Å². The first-order valence-electron chi connectivity index (χ1n) is 8.80. The summed E-state index contributed by atoms with van der Waals surface area (Å²) in [6.45, 7) is 5.58. The highest BCUT2D eigenvalue weighted by molar-refractivity contribution is 5.66. The molecule has 23 heavy (non-hydrogen) atoms. The Bertz CT molecular complexity index is 456. The highest BCUT2D eigenvalue weighted by Crippen LogP contribution is 2.19. The Labute approximate surface area is 140 Å². The minimum Gasteiger partial charge on any atom is -0.481 e. The molecule has 0 amide bonds. The molecule has 0 radical (unpaired) electrons. The third-order valence-corrected chi connectivity index (χ3v) is 4.69. The molecule has 1 aromatic rings. The maximum absolute atomic E-state index is 10.5. The van der Waals surface area contributed by atoms with Crippen LogP contribution in [0.3, 0.4) is 0 Å². The third kappa shape index (κ3) is 7.14. The van der Waals surface area contributed by atoms with Crippen LogP contribution in [0.4, 0.5) is 0 Å². The largest absolute Gasteiger partial charge is 0.481 e. The molecule has 4 heteroatoms.